The molecular weight excluding hydrogens is 711 g/mol. The first-order chi connectivity index (χ1) is 25.3. The van der Waals surface area contributed by atoms with E-state index in [9.17, 15) is 0 Å². The molecule has 1 atom stereocenters. The Morgan fingerprint density at radius 3 is 2.40 bits per heavy atom. The quantitative estimate of drug-likeness (QED) is 0.145. The van der Waals surface area contributed by atoms with Crippen LogP contribution in [0.4, 0.5) is 5.69 Å². The van der Waals surface area contributed by atoms with Crippen molar-refractivity contribution >= 4 is 56.7 Å². The number of ether oxygens (including phenoxy) is 1. The lowest BCUT2D eigenvalue weighted by atomic mass is 9.98. The van der Waals surface area contributed by atoms with Gasteiger partial charge in [0.25, 0.3) is 5.91 Å². The third kappa shape index (κ3) is 5.66. The SMILES string of the molecule is Cc1nnn(-c2ccc3c(n2)c(N2CC(C)n4c(c(CCCOc5cc(C)c(Cl)c(C)c5)c5ccc(Cl)c(-c6c(C)nn(C)c6C)c54)C2=O)cn3C)n1. The van der Waals surface area contributed by atoms with Crippen LogP contribution in [-0.2, 0) is 20.5 Å². The molecule has 6 heterocycles. The maximum Gasteiger partial charge on any atom is 0.275 e. The summed E-state index contributed by atoms with van der Waals surface area (Å²) in [4.78, 5) is 23.4. The number of hydrogen-bond donors (Lipinski definition) is 0. The lowest BCUT2D eigenvalue weighted by molar-refractivity contribution is 0.0957. The first-order valence-corrected chi connectivity index (χ1v) is 18.4. The minimum absolute atomic E-state index is 0.102. The van der Waals surface area contributed by atoms with E-state index >= 15 is 4.79 Å². The van der Waals surface area contributed by atoms with E-state index in [1.807, 2.05) is 85.5 Å². The Morgan fingerprint density at radius 2 is 1.72 bits per heavy atom. The molecule has 2 aromatic carbocycles. The van der Waals surface area contributed by atoms with Crippen LogP contribution in [0.25, 0.3) is 38.9 Å². The number of hydrogen-bond acceptors (Lipinski definition) is 7. The van der Waals surface area contributed by atoms with E-state index in [1.54, 1.807) is 6.92 Å². The summed E-state index contributed by atoms with van der Waals surface area (Å²) in [6.07, 6.45) is 3.26. The Hall–Kier alpha value is -5.20. The number of tetrazole rings is 1. The minimum Gasteiger partial charge on any atom is -0.494 e. The molecule has 272 valence electrons. The molecule has 0 aliphatic carbocycles. The predicted octanol–water partition coefficient (Wildman–Crippen LogP) is 7.99. The molecule has 12 nitrogen and oxygen atoms in total. The smallest absolute Gasteiger partial charge is 0.275 e. The van der Waals surface area contributed by atoms with Gasteiger partial charge in [0.1, 0.15) is 17.0 Å². The predicted molar refractivity (Wildman–Crippen MR) is 208 cm³/mol. The molecule has 53 heavy (non-hydrogen) atoms. The number of anilines is 1. The molecule has 0 saturated carbocycles. The van der Waals surface area contributed by atoms with Crippen molar-refractivity contribution in [3.05, 3.63) is 92.2 Å². The Morgan fingerprint density at radius 1 is 0.962 bits per heavy atom. The average Bonchev–Trinajstić information content (AvgIpc) is 3.86. The van der Waals surface area contributed by atoms with Crippen molar-refractivity contribution in [2.75, 3.05) is 18.1 Å². The summed E-state index contributed by atoms with van der Waals surface area (Å²) >= 11 is 13.5. The summed E-state index contributed by atoms with van der Waals surface area (Å²) in [5.41, 5.74) is 10.5. The highest BCUT2D eigenvalue weighted by Gasteiger charge is 2.38. The molecule has 0 saturated heterocycles. The maximum atomic E-state index is 15.1. The van der Waals surface area contributed by atoms with Crippen LogP contribution in [0, 0.1) is 34.6 Å². The van der Waals surface area contributed by atoms with Gasteiger partial charge in [-0.05, 0) is 107 Å². The number of nitrogens with zero attached hydrogens (tertiary/aromatic N) is 10. The van der Waals surface area contributed by atoms with Crippen LogP contribution >= 0.6 is 23.2 Å². The molecule has 7 aromatic rings. The zero-order valence-corrected chi connectivity index (χ0v) is 32.5. The Kier molecular flexibility index (Phi) is 8.57. The van der Waals surface area contributed by atoms with Crippen LogP contribution in [0.2, 0.25) is 10.0 Å². The highest BCUT2D eigenvalue weighted by atomic mass is 35.5. The Balaban J connectivity index is 1.26. The van der Waals surface area contributed by atoms with Crippen molar-refractivity contribution in [1.29, 1.82) is 0 Å². The van der Waals surface area contributed by atoms with Crippen molar-refractivity contribution < 1.29 is 9.53 Å². The highest BCUT2D eigenvalue weighted by molar-refractivity contribution is 6.35. The molecule has 0 spiro atoms. The van der Waals surface area contributed by atoms with Crippen molar-refractivity contribution in [2.45, 2.75) is 60.4 Å². The number of fused-ring (bicyclic) bond motifs is 4. The van der Waals surface area contributed by atoms with E-state index in [0.29, 0.717) is 53.9 Å². The molecule has 1 unspecified atom stereocenters. The number of benzene rings is 2. The van der Waals surface area contributed by atoms with E-state index in [0.717, 1.165) is 72.1 Å². The lowest BCUT2D eigenvalue weighted by Gasteiger charge is -2.34. The zero-order valence-electron chi connectivity index (χ0n) is 31.0. The largest absolute Gasteiger partial charge is 0.494 e. The molecular formula is C39H40Cl2N10O2. The fraction of sp³-hybridized carbons (Fsp3) is 0.333. The molecule has 5 aromatic heterocycles. The molecule has 0 bridgehead atoms. The number of aromatic nitrogens is 9. The van der Waals surface area contributed by atoms with E-state index in [-0.39, 0.29) is 11.9 Å². The molecule has 1 amide bonds. The monoisotopic (exact) mass is 750 g/mol. The van der Waals surface area contributed by atoms with Gasteiger partial charge in [-0.15, -0.1) is 15.0 Å². The van der Waals surface area contributed by atoms with Crippen LogP contribution in [0.1, 0.15) is 63.8 Å². The van der Waals surface area contributed by atoms with Gasteiger partial charge in [0, 0.05) is 60.1 Å². The van der Waals surface area contributed by atoms with Crippen molar-refractivity contribution in [3.63, 3.8) is 0 Å². The van der Waals surface area contributed by atoms with Crippen LogP contribution in [0.5, 0.6) is 5.75 Å². The van der Waals surface area contributed by atoms with Gasteiger partial charge in [0.2, 0.25) is 0 Å². The first kappa shape index (κ1) is 34.9. The molecule has 0 radical (unpaired) electrons. The molecule has 14 heteroatoms. The highest BCUT2D eigenvalue weighted by Crippen LogP contribution is 2.45. The third-order valence-corrected chi connectivity index (χ3v) is 11.3. The summed E-state index contributed by atoms with van der Waals surface area (Å²) in [5, 5.41) is 19.6. The van der Waals surface area contributed by atoms with Crippen LogP contribution < -0.4 is 9.64 Å². The molecule has 0 N–H and O–H groups in total. The second-order valence-corrected chi connectivity index (χ2v) is 14.8. The third-order valence-electron chi connectivity index (χ3n) is 10.4. The fourth-order valence-electron chi connectivity index (χ4n) is 7.86. The van der Waals surface area contributed by atoms with E-state index in [4.69, 9.17) is 38.0 Å². The number of pyridine rings is 1. The Labute approximate surface area is 316 Å². The number of carbonyl (C=O) groups excluding carboxylic acids is 1. The van der Waals surface area contributed by atoms with E-state index in [1.165, 1.54) is 4.80 Å². The summed E-state index contributed by atoms with van der Waals surface area (Å²) in [6, 6.07) is 11.6. The maximum absolute atomic E-state index is 15.1. The molecule has 1 aliphatic rings. The van der Waals surface area contributed by atoms with Crippen LogP contribution in [0.15, 0.2) is 42.6 Å². The van der Waals surface area contributed by atoms with Crippen LogP contribution in [-0.4, -0.2) is 63.2 Å². The Bertz CT molecular complexity index is 2590. The summed E-state index contributed by atoms with van der Waals surface area (Å²) < 4.78 is 12.3. The standard InChI is InChI=1S/C39H40Cl2N10O2/c1-20-16-26(17-21(2)35(20)41)53-15-9-10-27-28-11-12-29(40)34(33-23(4)44-48(8)24(33)5)37(28)50-22(3)18-49(39(52)38(27)50)31-19-47(7)30-13-14-32(42-36(30)31)51-45-25(6)43-46-51/h11-14,16-17,19,22H,9-10,15,18H2,1-8H3. The topological polar surface area (TPSA) is 114 Å². The number of rotatable bonds is 8. The second kappa shape index (κ2) is 13.0. The van der Waals surface area contributed by atoms with Gasteiger partial charge < -0.3 is 18.8 Å². The summed E-state index contributed by atoms with van der Waals surface area (Å²) in [7, 11) is 3.90. The number of halogens is 2. The lowest BCUT2D eigenvalue weighted by Crippen LogP contribution is -2.42. The molecule has 8 rings (SSSR count). The van der Waals surface area contributed by atoms with Gasteiger partial charge in [-0.1, -0.05) is 29.3 Å². The zero-order chi connectivity index (χ0) is 37.5. The van der Waals surface area contributed by atoms with Crippen molar-refractivity contribution in [3.8, 4) is 22.7 Å². The fourth-order valence-corrected chi connectivity index (χ4v) is 8.21. The van der Waals surface area contributed by atoms with Gasteiger partial charge in [-0.3, -0.25) is 9.48 Å². The first-order valence-electron chi connectivity index (χ1n) is 17.6. The van der Waals surface area contributed by atoms with E-state index in [2.05, 4.69) is 39.9 Å². The van der Waals surface area contributed by atoms with Gasteiger partial charge in [0.05, 0.1) is 34.0 Å². The normalized spacial score (nSPS) is 14.6. The van der Waals surface area contributed by atoms with Gasteiger partial charge in [-0.25, -0.2) is 4.98 Å². The number of carbonyl (C=O) groups is 1. The van der Waals surface area contributed by atoms with Crippen LogP contribution in [0.3, 0.4) is 0 Å². The number of amides is 1. The second-order valence-electron chi connectivity index (χ2n) is 14.1. The van der Waals surface area contributed by atoms with Crippen molar-refractivity contribution in [1.82, 2.24) is 44.1 Å². The van der Waals surface area contributed by atoms with Gasteiger partial charge in [0.15, 0.2) is 11.6 Å². The van der Waals surface area contributed by atoms with Gasteiger partial charge in [-0.2, -0.15) is 5.10 Å². The summed E-state index contributed by atoms with van der Waals surface area (Å²) in [6.45, 7) is 12.8. The van der Waals surface area contributed by atoms with Crippen molar-refractivity contribution in [2.24, 2.45) is 14.1 Å². The number of aryl methyl sites for hydroxylation is 7. The van der Waals surface area contributed by atoms with Gasteiger partial charge >= 0.3 is 0 Å². The molecule has 0 fully saturated rings. The summed E-state index contributed by atoms with van der Waals surface area (Å²) in [5.74, 6) is 1.74. The minimum atomic E-state index is -0.109. The average molecular weight is 752 g/mol. The molecule has 1 aliphatic heterocycles. The van der Waals surface area contributed by atoms with E-state index < -0.39 is 0 Å².